The third-order valence-corrected chi connectivity index (χ3v) is 4.79. The number of esters is 1. The quantitative estimate of drug-likeness (QED) is 0.636. The van der Waals surface area contributed by atoms with Crippen LogP contribution < -0.4 is 5.32 Å². The van der Waals surface area contributed by atoms with Crippen molar-refractivity contribution in [2.75, 3.05) is 11.1 Å². The molecule has 0 aliphatic heterocycles. The molecule has 0 atom stereocenters. The molecule has 0 fully saturated rings. The predicted octanol–water partition coefficient (Wildman–Crippen LogP) is 3.94. The zero-order valence-electron chi connectivity index (χ0n) is 13.0. The fourth-order valence-electron chi connectivity index (χ4n) is 1.68. The van der Waals surface area contributed by atoms with Gasteiger partial charge in [-0.05, 0) is 51.0 Å². The fourth-order valence-corrected chi connectivity index (χ4v) is 3.23. The van der Waals surface area contributed by atoms with Crippen molar-refractivity contribution in [1.82, 2.24) is 10.2 Å². The first-order valence-corrected chi connectivity index (χ1v) is 8.74. The molecule has 0 radical (unpaired) electrons. The number of nitrogens with one attached hydrogen (secondary N) is 1. The highest BCUT2D eigenvalue weighted by atomic mass is 32.2. The monoisotopic (exact) mass is 337 g/mol. The molecule has 1 N–H and O–H groups in total. The minimum Gasteiger partial charge on any atom is -0.462 e. The molecule has 1 aromatic heterocycles. The summed E-state index contributed by atoms with van der Waals surface area (Å²) in [6.45, 7) is 7.81. The van der Waals surface area contributed by atoms with Gasteiger partial charge in [0.05, 0.1) is 11.9 Å². The summed E-state index contributed by atoms with van der Waals surface area (Å²) in [6.07, 6.45) is -0.0930. The Morgan fingerprint density at radius 2 is 2.09 bits per heavy atom. The molecule has 22 heavy (non-hydrogen) atoms. The number of aryl methyl sites for hydroxylation is 2. The standard InChI is InChI=1S/C15H19N3O2S2/c1-9(2)20-13(19)8-21-15-18-17-14(22-15)16-12-6-5-10(3)11(4)7-12/h5-7,9H,8H2,1-4H3,(H,16,17). The van der Waals surface area contributed by atoms with Gasteiger partial charge in [-0.25, -0.2) is 0 Å². The fraction of sp³-hybridized carbons (Fsp3) is 0.400. The van der Waals surface area contributed by atoms with Gasteiger partial charge in [0.1, 0.15) is 0 Å². The lowest BCUT2D eigenvalue weighted by Gasteiger charge is -2.06. The van der Waals surface area contributed by atoms with Crippen LogP contribution in [0.4, 0.5) is 10.8 Å². The Bertz CT molecular complexity index is 656. The number of hydrogen-bond donors (Lipinski definition) is 1. The first-order valence-electron chi connectivity index (χ1n) is 6.94. The van der Waals surface area contributed by atoms with Crippen molar-refractivity contribution < 1.29 is 9.53 Å². The molecule has 7 heteroatoms. The van der Waals surface area contributed by atoms with Crippen molar-refractivity contribution in [1.29, 1.82) is 0 Å². The van der Waals surface area contributed by atoms with E-state index < -0.39 is 0 Å². The molecule has 118 valence electrons. The number of carbonyl (C=O) groups is 1. The van der Waals surface area contributed by atoms with Gasteiger partial charge < -0.3 is 10.1 Å². The summed E-state index contributed by atoms with van der Waals surface area (Å²) in [5, 5.41) is 12.1. The van der Waals surface area contributed by atoms with Gasteiger partial charge in [0, 0.05) is 5.69 Å². The lowest BCUT2D eigenvalue weighted by molar-refractivity contribution is -0.144. The highest BCUT2D eigenvalue weighted by Crippen LogP contribution is 2.28. The maximum absolute atomic E-state index is 11.5. The van der Waals surface area contributed by atoms with Crippen LogP contribution in [-0.4, -0.2) is 28.0 Å². The Hall–Kier alpha value is -1.60. The first-order chi connectivity index (χ1) is 10.4. The Balaban J connectivity index is 1.91. The number of nitrogens with zero attached hydrogens (tertiary/aromatic N) is 2. The van der Waals surface area contributed by atoms with Crippen LogP contribution in [0, 0.1) is 13.8 Å². The van der Waals surface area contributed by atoms with Crippen LogP contribution in [-0.2, 0) is 9.53 Å². The number of benzene rings is 1. The number of carbonyl (C=O) groups excluding carboxylic acids is 1. The van der Waals surface area contributed by atoms with E-state index >= 15 is 0 Å². The van der Waals surface area contributed by atoms with E-state index in [0.29, 0.717) is 5.13 Å². The molecule has 0 bridgehead atoms. The summed E-state index contributed by atoms with van der Waals surface area (Å²) < 4.78 is 5.82. The van der Waals surface area contributed by atoms with Crippen LogP contribution in [0.25, 0.3) is 0 Å². The highest BCUT2D eigenvalue weighted by molar-refractivity contribution is 8.01. The number of rotatable bonds is 6. The van der Waals surface area contributed by atoms with Crippen molar-refractivity contribution in [3.8, 4) is 0 Å². The average molecular weight is 337 g/mol. The van der Waals surface area contributed by atoms with E-state index in [1.807, 2.05) is 19.9 Å². The zero-order valence-corrected chi connectivity index (χ0v) is 14.7. The summed E-state index contributed by atoms with van der Waals surface area (Å²) >= 11 is 2.76. The third-order valence-electron chi connectivity index (χ3n) is 2.85. The van der Waals surface area contributed by atoms with Crippen molar-refractivity contribution in [3.05, 3.63) is 29.3 Å². The molecule has 0 unspecified atom stereocenters. The number of aromatic nitrogens is 2. The van der Waals surface area contributed by atoms with E-state index in [1.165, 1.54) is 34.2 Å². The van der Waals surface area contributed by atoms with E-state index in [-0.39, 0.29) is 17.8 Å². The van der Waals surface area contributed by atoms with Crippen molar-refractivity contribution in [3.63, 3.8) is 0 Å². The highest BCUT2D eigenvalue weighted by Gasteiger charge is 2.10. The topological polar surface area (TPSA) is 64.1 Å². The molecular weight excluding hydrogens is 318 g/mol. The van der Waals surface area contributed by atoms with Crippen LogP contribution in [0.5, 0.6) is 0 Å². The Kier molecular flexibility index (Phi) is 5.79. The van der Waals surface area contributed by atoms with Crippen LogP contribution in [0.3, 0.4) is 0 Å². The van der Waals surface area contributed by atoms with Crippen molar-refractivity contribution >= 4 is 39.9 Å². The van der Waals surface area contributed by atoms with Crippen LogP contribution >= 0.6 is 23.1 Å². The van der Waals surface area contributed by atoms with E-state index in [1.54, 1.807) is 0 Å². The summed E-state index contributed by atoms with van der Waals surface area (Å²) in [5.41, 5.74) is 3.46. The molecule has 2 rings (SSSR count). The second kappa shape index (κ2) is 7.60. The second-order valence-corrected chi connectivity index (χ2v) is 7.32. The van der Waals surface area contributed by atoms with Gasteiger partial charge in [0.2, 0.25) is 5.13 Å². The van der Waals surface area contributed by atoms with Gasteiger partial charge in [-0.1, -0.05) is 29.2 Å². The van der Waals surface area contributed by atoms with Crippen molar-refractivity contribution in [2.24, 2.45) is 0 Å². The lowest BCUT2D eigenvalue weighted by atomic mass is 10.1. The lowest BCUT2D eigenvalue weighted by Crippen LogP contribution is -2.13. The van der Waals surface area contributed by atoms with Crippen LogP contribution in [0.1, 0.15) is 25.0 Å². The normalized spacial score (nSPS) is 10.8. The number of hydrogen-bond acceptors (Lipinski definition) is 7. The molecule has 1 aromatic carbocycles. The molecular formula is C15H19N3O2S2. The Morgan fingerprint density at radius 3 is 2.77 bits per heavy atom. The summed E-state index contributed by atoms with van der Waals surface area (Å²) in [5.74, 6) is 0.00932. The molecule has 0 aliphatic rings. The van der Waals surface area contributed by atoms with Crippen LogP contribution in [0.15, 0.2) is 22.5 Å². The molecule has 1 heterocycles. The van der Waals surface area contributed by atoms with Gasteiger partial charge in [0.15, 0.2) is 4.34 Å². The Morgan fingerprint density at radius 1 is 1.32 bits per heavy atom. The molecule has 0 saturated heterocycles. The summed E-state index contributed by atoms with van der Waals surface area (Å²) in [6, 6.07) is 6.15. The molecule has 0 saturated carbocycles. The summed E-state index contributed by atoms with van der Waals surface area (Å²) in [4.78, 5) is 11.5. The van der Waals surface area contributed by atoms with E-state index in [9.17, 15) is 4.79 Å². The van der Waals surface area contributed by atoms with Crippen molar-refractivity contribution in [2.45, 2.75) is 38.1 Å². The maximum atomic E-state index is 11.5. The van der Waals surface area contributed by atoms with Gasteiger partial charge in [0.25, 0.3) is 0 Å². The number of ether oxygens (including phenoxy) is 1. The van der Waals surface area contributed by atoms with E-state index in [0.717, 1.165) is 10.0 Å². The largest absolute Gasteiger partial charge is 0.462 e. The van der Waals surface area contributed by atoms with Gasteiger partial charge in [-0.15, -0.1) is 10.2 Å². The maximum Gasteiger partial charge on any atom is 0.316 e. The second-order valence-electron chi connectivity index (χ2n) is 5.12. The van der Waals surface area contributed by atoms with Gasteiger partial charge in [-0.2, -0.15) is 0 Å². The number of thioether (sulfide) groups is 1. The zero-order chi connectivity index (χ0) is 16.1. The SMILES string of the molecule is Cc1ccc(Nc2nnc(SCC(=O)OC(C)C)s2)cc1C. The first kappa shape index (κ1) is 16.8. The average Bonchev–Trinajstić information content (AvgIpc) is 2.88. The molecule has 0 spiro atoms. The van der Waals surface area contributed by atoms with E-state index in [4.69, 9.17) is 4.74 Å². The summed E-state index contributed by atoms with van der Waals surface area (Å²) in [7, 11) is 0. The van der Waals surface area contributed by atoms with Gasteiger partial charge >= 0.3 is 5.97 Å². The minimum atomic E-state index is -0.237. The smallest absolute Gasteiger partial charge is 0.316 e. The van der Waals surface area contributed by atoms with E-state index in [2.05, 4.69) is 41.5 Å². The van der Waals surface area contributed by atoms with Crippen LogP contribution in [0.2, 0.25) is 0 Å². The molecule has 2 aromatic rings. The molecule has 0 amide bonds. The van der Waals surface area contributed by atoms with Gasteiger partial charge in [-0.3, -0.25) is 4.79 Å². The Labute approximate surface area is 138 Å². The third kappa shape index (κ3) is 4.99. The minimum absolute atomic E-state index is 0.0930. The predicted molar refractivity (Wildman–Crippen MR) is 91.1 cm³/mol. The molecule has 0 aliphatic carbocycles. The number of anilines is 2. The molecule has 5 nitrogen and oxygen atoms in total.